The SMILES string of the molecule is COC1CCC([C@@H](C)n2c(C)c(C(=O)NCc3c(SC)cc(C)[nH]c3=O)c3cc(-c4cnn(C)c4)ccc32)CC1. The Labute approximate surface area is 239 Å². The number of fused-ring (bicyclic) bond motifs is 1. The number of ether oxygens (including phenoxy) is 1. The Morgan fingerprint density at radius 1 is 1.20 bits per heavy atom. The number of pyridine rings is 1. The van der Waals surface area contributed by atoms with Crippen molar-refractivity contribution in [2.75, 3.05) is 13.4 Å². The lowest BCUT2D eigenvalue weighted by Crippen LogP contribution is -2.29. The molecule has 1 atom stereocenters. The van der Waals surface area contributed by atoms with Crippen molar-refractivity contribution in [1.29, 1.82) is 0 Å². The number of carbonyl (C=O) groups excluding carboxylic acids is 1. The third kappa shape index (κ3) is 5.37. The number of amides is 1. The molecule has 0 unspecified atom stereocenters. The number of methoxy groups -OCH3 is 1. The zero-order valence-corrected chi connectivity index (χ0v) is 25.0. The summed E-state index contributed by atoms with van der Waals surface area (Å²) in [6.07, 6.45) is 10.4. The topological polar surface area (TPSA) is 93.9 Å². The van der Waals surface area contributed by atoms with Crippen molar-refractivity contribution in [3.05, 3.63) is 69.5 Å². The second-order valence-electron chi connectivity index (χ2n) is 11.0. The predicted octanol–water partition coefficient (Wildman–Crippen LogP) is 5.77. The van der Waals surface area contributed by atoms with E-state index in [9.17, 15) is 9.59 Å². The molecule has 3 heterocycles. The van der Waals surface area contributed by atoms with Crippen LogP contribution in [0, 0.1) is 19.8 Å². The quantitative estimate of drug-likeness (QED) is 0.267. The molecule has 5 rings (SSSR count). The number of hydrogen-bond donors (Lipinski definition) is 2. The van der Waals surface area contributed by atoms with Crippen LogP contribution in [0.25, 0.3) is 22.0 Å². The van der Waals surface area contributed by atoms with E-state index in [-0.39, 0.29) is 24.1 Å². The van der Waals surface area contributed by atoms with E-state index in [0.29, 0.717) is 23.1 Å². The summed E-state index contributed by atoms with van der Waals surface area (Å²) in [6, 6.07) is 8.53. The molecule has 1 amide bonds. The van der Waals surface area contributed by atoms with Gasteiger partial charge in [0.25, 0.3) is 11.5 Å². The lowest BCUT2D eigenvalue weighted by atomic mass is 9.83. The Balaban J connectivity index is 1.54. The number of carbonyl (C=O) groups is 1. The highest BCUT2D eigenvalue weighted by atomic mass is 32.2. The lowest BCUT2D eigenvalue weighted by molar-refractivity contribution is 0.0492. The summed E-state index contributed by atoms with van der Waals surface area (Å²) < 4.78 is 9.74. The monoisotopic (exact) mass is 561 g/mol. The van der Waals surface area contributed by atoms with Crippen molar-refractivity contribution in [2.24, 2.45) is 13.0 Å². The molecule has 2 N–H and O–H groups in total. The van der Waals surface area contributed by atoms with Gasteiger partial charge in [0.05, 0.1) is 17.9 Å². The Bertz CT molecular complexity index is 1590. The first kappa shape index (κ1) is 28.2. The smallest absolute Gasteiger partial charge is 0.254 e. The Hall–Kier alpha value is -3.30. The average Bonchev–Trinajstić information content (AvgIpc) is 3.51. The van der Waals surface area contributed by atoms with Gasteiger partial charge in [-0.25, -0.2) is 0 Å². The van der Waals surface area contributed by atoms with Gasteiger partial charge in [0.15, 0.2) is 0 Å². The average molecular weight is 562 g/mol. The highest BCUT2D eigenvalue weighted by molar-refractivity contribution is 7.98. The Kier molecular flexibility index (Phi) is 8.24. The standard InChI is InChI=1S/C31H39N5O3S/c1-18-13-28(40-6)26(30(37)34-18)16-32-31(38)29-20(3)36(19(2)21-7-10-24(39-5)11-8-21)27-12-9-22(14-25(27)29)23-15-33-35(4)17-23/h9,12-15,17,19,21,24H,7-8,10-11,16H2,1-6H3,(H,32,38)(H,34,37)/t19-,21?,24?/m1/s1. The fraction of sp³-hybridized carbons (Fsp3) is 0.452. The van der Waals surface area contributed by atoms with Crippen LogP contribution >= 0.6 is 11.8 Å². The summed E-state index contributed by atoms with van der Waals surface area (Å²) >= 11 is 1.51. The van der Waals surface area contributed by atoms with Crippen molar-refractivity contribution in [3.8, 4) is 11.1 Å². The maximum atomic E-state index is 13.9. The first-order valence-corrected chi connectivity index (χ1v) is 15.2. The molecule has 212 valence electrons. The molecule has 1 aromatic carbocycles. The van der Waals surface area contributed by atoms with Crippen LogP contribution in [0.1, 0.15) is 66.0 Å². The van der Waals surface area contributed by atoms with Crippen LogP contribution in [-0.2, 0) is 18.3 Å². The van der Waals surface area contributed by atoms with Gasteiger partial charge < -0.3 is 19.6 Å². The molecule has 3 aromatic heterocycles. The van der Waals surface area contributed by atoms with Crippen LogP contribution in [0.2, 0.25) is 0 Å². The van der Waals surface area contributed by atoms with Gasteiger partial charge in [-0.2, -0.15) is 5.10 Å². The van der Waals surface area contributed by atoms with Gasteiger partial charge in [-0.05, 0) is 82.4 Å². The van der Waals surface area contributed by atoms with Crippen molar-refractivity contribution in [2.45, 2.75) is 70.0 Å². The van der Waals surface area contributed by atoms with E-state index >= 15 is 0 Å². The molecule has 0 aliphatic heterocycles. The number of thioether (sulfide) groups is 1. The van der Waals surface area contributed by atoms with E-state index < -0.39 is 0 Å². The second kappa shape index (κ2) is 11.7. The molecule has 0 radical (unpaired) electrons. The molecule has 40 heavy (non-hydrogen) atoms. The molecule has 1 saturated carbocycles. The lowest BCUT2D eigenvalue weighted by Gasteiger charge is -2.33. The highest BCUT2D eigenvalue weighted by Gasteiger charge is 2.30. The summed E-state index contributed by atoms with van der Waals surface area (Å²) in [4.78, 5) is 30.4. The van der Waals surface area contributed by atoms with Crippen LogP contribution in [0.4, 0.5) is 0 Å². The maximum absolute atomic E-state index is 13.9. The summed E-state index contributed by atoms with van der Waals surface area (Å²) in [6.45, 7) is 6.35. The van der Waals surface area contributed by atoms with Crippen LogP contribution in [0.5, 0.6) is 0 Å². The predicted molar refractivity (Wildman–Crippen MR) is 161 cm³/mol. The Morgan fingerprint density at radius 3 is 2.60 bits per heavy atom. The molecule has 8 nitrogen and oxygen atoms in total. The largest absolute Gasteiger partial charge is 0.381 e. The number of H-pyrrole nitrogens is 1. The fourth-order valence-corrected chi connectivity index (χ4v) is 7.02. The first-order valence-electron chi connectivity index (χ1n) is 13.9. The molecule has 4 aromatic rings. The minimum Gasteiger partial charge on any atom is -0.381 e. The molecule has 1 aliphatic carbocycles. The van der Waals surface area contributed by atoms with E-state index in [1.54, 1.807) is 11.8 Å². The zero-order valence-electron chi connectivity index (χ0n) is 24.2. The van der Waals surface area contributed by atoms with E-state index in [1.165, 1.54) is 11.8 Å². The number of aromatic amines is 1. The van der Waals surface area contributed by atoms with Gasteiger partial charge in [-0.1, -0.05) is 6.07 Å². The van der Waals surface area contributed by atoms with Gasteiger partial charge in [0.1, 0.15) is 0 Å². The molecule has 1 aliphatic rings. The number of nitrogens with one attached hydrogen (secondary N) is 2. The maximum Gasteiger partial charge on any atom is 0.254 e. The molecular weight excluding hydrogens is 522 g/mol. The zero-order chi connectivity index (χ0) is 28.6. The van der Waals surface area contributed by atoms with Crippen molar-refractivity contribution < 1.29 is 9.53 Å². The van der Waals surface area contributed by atoms with E-state index in [0.717, 1.165) is 64.0 Å². The third-order valence-corrected chi connectivity index (χ3v) is 9.34. The molecule has 0 spiro atoms. The third-order valence-electron chi connectivity index (χ3n) is 8.53. The van der Waals surface area contributed by atoms with E-state index in [2.05, 4.69) is 45.1 Å². The number of aryl methyl sites for hydroxylation is 2. The van der Waals surface area contributed by atoms with E-state index in [1.807, 2.05) is 45.6 Å². The summed E-state index contributed by atoms with van der Waals surface area (Å²) in [5.41, 5.74) is 5.89. The van der Waals surface area contributed by atoms with Crippen molar-refractivity contribution in [1.82, 2.24) is 24.6 Å². The van der Waals surface area contributed by atoms with Crippen LogP contribution < -0.4 is 10.9 Å². The van der Waals surface area contributed by atoms with Crippen molar-refractivity contribution >= 4 is 28.6 Å². The molecule has 0 saturated heterocycles. The van der Waals surface area contributed by atoms with Crippen molar-refractivity contribution in [3.63, 3.8) is 0 Å². The minimum atomic E-state index is -0.174. The molecular formula is C31H39N5O3S. The second-order valence-corrected chi connectivity index (χ2v) is 11.8. The summed E-state index contributed by atoms with van der Waals surface area (Å²) in [7, 11) is 3.70. The fourth-order valence-electron chi connectivity index (χ4n) is 6.31. The number of rotatable bonds is 8. The number of benzene rings is 1. The van der Waals surface area contributed by atoms with Crippen LogP contribution in [0.15, 0.2) is 46.3 Å². The van der Waals surface area contributed by atoms with Gasteiger partial charge in [0.2, 0.25) is 0 Å². The molecule has 9 heteroatoms. The number of hydrogen-bond acceptors (Lipinski definition) is 5. The van der Waals surface area contributed by atoms with Gasteiger partial charge in [0, 0.05) is 71.3 Å². The van der Waals surface area contributed by atoms with Gasteiger partial charge >= 0.3 is 0 Å². The molecule has 0 bridgehead atoms. The highest BCUT2D eigenvalue weighted by Crippen LogP contribution is 2.39. The number of nitrogens with zero attached hydrogens (tertiary/aromatic N) is 3. The first-order chi connectivity index (χ1) is 19.2. The minimum absolute atomic E-state index is 0.162. The summed E-state index contributed by atoms with van der Waals surface area (Å²) in [5, 5.41) is 8.32. The van der Waals surface area contributed by atoms with Crippen LogP contribution in [0.3, 0.4) is 0 Å². The van der Waals surface area contributed by atoms with Gasteiger partial charge in [-0.3, -0.25) is 14.3 Å². The Morgan fingerprint density at radius 2 is 1.95 bits per heavy atom. The number of aromatic nitrogens is 4. The van der Waals surface area contributed by atoms with Crippen LogP contribution in [-0.4, -0.2) is 44.7 Å². The van der Waals surface area contributed by atoms with Gasteiger partial charge in [-0.15, -0.1) is 11.8 Å². The van der Waals surface area contributed by atoms with E-state index in [4.69, 9.17) is 4.74 Å². The normalized spacial score (nSPS) is 18.2. The molecule has 1 fully saturated rings. The summed E-state index contributed by atoms with van der Waals surface area (Å²) in [5.74, 6) is 0.330.